The number of hydrogen-bond acceptors (Lipinski definition) is 0. The molecule has 1 saturated carbocycles. The Hall–Kier alpha value is -2.44. The second kappa shape index (κ2) is 12.3. The number of rotatable bonds is 6. The van der Waals surface area contributed by atoms with Gasteiger partial charge in [-0.1, -0.05) is 75.3 Å². The molecule has 0 nitrogen and oxygen atoms in total. The summed E-state index contributed by atoms with van der Waals surface area (Å²) in [6, 6.07) is 17.3. The molecule has 0 unspecified atom stereocenters. The maximum absolute atomic E-state index is 3.31. The zero-order chi connectivity index (χ0) is 21.0. The summed E-state index contributed by atoms with van der Waals surface area (Å²) in [6.45, 7) is 4.45. The van der Waals surface area contributed by atoms with Crippen molar-refractivity contribution in [2.45, 2.75) is 84.0 Å². The fourth-order valence-electron chi connectivity index (χ4n) is 4.38. The highest BCUT2D eigenvalue weighted by Crippen LogP contribution is 2.37. The molecule has 2 aromatic carbocycles. The van der Waals surface area contributed by atoms with Crippen LogP contribution in [0.2, 0.25) is 0 Å². The minimum atomic E-state index is 0.746. The predicted molar refractivity (Wildman–Crippen MR) is 129 cm³/mol. The lowest BCUT2D eigenvalue weighted by Crippen LogP contribution is -2.13. The van der Waals surface area contributed by atoms with Gasteiger partial charge in [0.05, 0.1) is 0 Å². The van der Waals surface area contributed by atoms with Gasteiger partial charge >= 0.3 is 0 Å². The topological polar surface area (TPSA) is 0 Å². The van der Waals surface area contributed by atoms with E-state index < -0.39 is 0 Å². The first-order valence-corrected chi connectivity index (χ1v) is 12.0. The second-order valence-electron chi connectivity index (χ2n) is 8.71. The first-order chi connectivity index (χ1) is 14.8. The summed E-state index contributed by atoms with van der Waals surface area (Å²) in [5, 5.41) is 0. The lowest BCUT2D eigenvalue weighted by atomic mass is 9.77. The van der Waals surface area contributed by atoms with Gasteiger partial charge in [0, 0.05) is 23.1 Å². The zero-order valence-corrected chi connectivity index (χ0v) is 18.8. The molecule has 156 valence electrons. The van der Waals surface area contributed by atoms with Crippen LogP contribution in [-0.4, -0.2) is 0 Å². The lowest BCUT2D eigenvalue weighted by Gasteiger charge is -2.29. The van der Waals surface area contributed by atoms with Crippen LogP contribution in [0.15, 0.2) is 48.5 Å². The van der Waals surface area contributed by atoms with Gasteiger partial charge in [-0.05, 0) is 85.9 Å². The normalized spacial score (nSPS) is 18.1. The Kier molecular flexibility index (Phi) is 9.12. The molecule has 0 atom stereocenters. The molecule has 0 bridgehead atoms. The molecule has 0 saturated heterocycles. The van der Waals surface area contributed by atoms with Crippen molar-refractivity contribution in [2.24, 2.45) is 5.92 Å². The lowest BCUT2D eigenvalue weighted by molar-refractivity contribution is 0.303. The minimum absolute atomic E-state index is 0.746. The zero-order valence-electron chi connectivity index (χ0n) is 18.8. The van der Waals surface area contributed by atoms with E-state index in [1.165, 1.54) is 56.9 Å². The molecule has 0 spiro atoms. The van der Waals surface area contributed by atoms with Crippen LogP contribution in [0.1, 0.15) is 106 Å². The molecule has 1 fully saturated rings. The molecule has 0 aromatic heterocycles. The van der Waals surface area contributed by atoms with Crippen molar-refractivity contribution in [3.8, 4) is 23.7 Å². The van der Waals surface area contributed by atoms with Crippen molar-refractivity contribution in [3.05, 3.63) is 70.8 Å². The average Bonchev–Trinajstić information content (AvgIpc) is 2.80. The number of unbranched alkanes of at least 4 members (excludes halogenated alkanes) is 3. The van der Waals surface area contributed by atoms with Crippen LogP contribution in [-0.2, 0) is 0 Å². The highest BCUT2D eigenvalue weighted by Gasteiger charge is 2.21. The van der Waals surface area contributed by atoms with Crippen LogP contribution in [0, 0.1) is 29.6 Å². The number of hydrogen-bond donors (Lipinski definition) is 0. The van der Waals surface area contributed by atoms with Gasteiger partial charge in [-0.2, -0.15) is 0 Å². The van der Waals surface area contributed by atoms with Crippen molar-refractivity contribution in [1.29, 1.82) is 0 Å². The average molecular weight is 397 g/mol. The Balaban J connectivity index is 1.52. The summed E-state index contributed by atoms with van der Waals surface area (Å²) in [6.07, 6.45) is 13.2. The molecular weight excluding hydrogens is 360 g/mol. The third-order valence-electron chi connectivity index (χ3n) is 6.29. The predicted octanol–water partition coefficient (Wildman–Crippen LogP) is 8.09. The number of benzene rings is 2. The van der Waals surface area contributed by atoms with Gasteiger partial charge < -0.3 is 0 Å². The third-order valence-corrected chi connectivity index (χ3v) is 6.29. The minimum Gasteiger partial charge on any atom is -0.0979 e. The molecular formula is C30H36. The van der Waals surface area contributed by atoms with E-state index in [2.05, 4.69) is 86.1 Å². The summed E-state index contributed by atoms with van der Waals surface area (Å²) >= 11 is 0. The molecule has 0 heterocycles. The summed E-state index contributed by atoms with van der Waals surface area (Å²) in [4.78, 5) is 0. The van der Waals surface area contributed by atoms with E-state index in [9.17, 15) is 0 Å². The molecule has 1 aliphatic carbocycles. The quantitative estimate of drug-likeness (QED) is 0.342. The van der Waals surface area contributed by atoms with Gasteiger partial charge in [0.25, 0.3) is 0 Å². The van der Waals surface area contributed by atoms with Crippen molar-refractivity contribution >= 4 is 0 Å². The Morgan fingerprint density at radius 3 is 1.80 bits per heavy atom. The first-order valence-electron chi connectivity index (χ1n) is 12.0. The van der Waals surface area contributed by atoms with E-state index in [1.54, 1.807) is 0 Å². The van der Waals surface area contributed by atoms with Gasteiger partial charge in [-0.3, -0.25) is 0 Å². The van der Waals surface area contributed by atoms with Crippen molar-refractivity contribution in [2.75, 3.05) is 0 Å². The van der Waals surface area contributed by atoms with Crippen LogP contribution in [0.4, 0.5) is 0 Å². The highest BCUT2D eigenvalue weighted by molar-refractivity contribution is 5.46. The molecule has 0 N–H and O–H groups in total. The SMILES string of the molecule is CCCC#Cc1ccc(C#Cc2ccc([C@H]3CC[C@H](CCCCC)CC3)cc2)cc1. The maximum Gasteiger partial charge on any atom is 0.0249 e. The molecule has 3 rings (SSSR count). The largest absolute Gasteiger partial charge is 0.0979 e. The molecule has 2 aromatic rings. The van der Waals surface area contributed by atoms with Gasteiger partial charge in [-0.15, -0.1) is 0 Å². The molecule has 0 heteroatoms. The third kappa shape index (κ3) is 7.11. The van der Waals surface area contributed by atoms with Crippen molar-refractivity contribution < 1.29 is 0 Å². The van der Waals surface area contributed by atoms with Crippen LogP contribution >= 0.6 is 0 Å². The van der Waals surface area contributed by atoms with Crippen LogP contribution in [0.3, 0.4) is 0 Å². The van der Waals surface area contributed by atoms with Gasteiger partial charge in [0.1, 0.15) is 0 Å². The van der Waals surface area contributed by atoms with E-state index >= 15 is 0 Å². The summed E-state index contributed by atoms with van der Waals surface area (Å²) in [7, 11) is 0. The van der Waals surface area contributed by atoms with E-state index in [4.69, 9.17) is 0 Å². The first kappa shape index (κ1) is 22.2. The van der Waals surface area contributed by atoms with E-state index in [-0.39, 0.29) is 0 Å². The Morgan fingerprint density at radius 1 is 0.667 bits per heavy atom. The van der Waals surface area contributed by atoms with Crippen LogP contribution in [0.25, 0.3) is 0 Å². The Labute approximate surface area is 184 Å². The van der Waals surface area contributed by atoms with E-state index in [0.29, 0.717) is 0 Å². The highest BCUT2D eigenvalue weighted by atomic mass is 14.3. The van der Waals surface area contributed by atoms with Crippen LogP contribution in [0.5, 0.6) is 0 Å². The van der Waals surface area contributed by atoms with E-state index in [0.717, 1.165) is 41.4 Å². The standard InChI is InChI=1S/C30H36/c1-3-5-7-9-25-11-13-27(14-12-25)15-16-28-19-23-30(24-20-28)29-21-17-26(18-22-29)10-8-6-4-2/h11-14,19-20,23-24,26,29H,3-6,8,10,17-18,21-22H2,1-2H3/t26-,29-. The molecule has 0 aliphatic heterocycles. The summed E-state index contributed by atoms with van der Waals surface area (Å²) in [5.41, 5.74) is 4.71. The molecule has 0 amide bonds. The molecule has 30 heavy (non-hydrogen) atoms. The van der Waals surface area contributed by atoms with Crippen LogP contribution < -0.4 is 0 Å². The second-order valence-corrected chi connectivity index (χ2v) is 8.71. The fraction of sp³-hybridized carbons (Fsp3) is 0.467. The summed E-state index contributed by atoms with van der Waals surface area (Å²) in [5.74, 6) is 14.7. The van der Waals surface area contributed by atoms with E-state index in [1.807, 2.05) is 0 Å². The van der Waals surface area contributed by atoms with Crippen molar-refractivity contribution in [1.82, 2.24) is 0 Å². The summed E-state index contributed by atoms with van der Waals surface area (Å²) < 4.78 is 0. The maximum atomic E-state index is 3.31. The Bertz CT molecular complexity index is 870. The van der Waals surface area contributed by atoms with Gasteiger partial charge in [0.2, 0.25) is 0 Å². The molecule has 1 aliphatic rings. The Morgan fingerprint density at radius 2 is 1.23 bits per heavy atom. The monoisotopic (exact) mass is 396 g/mol. The van der Waals surface area contributed by atoms with Crippen molar-refractivity contribution in [3.63, 3.8) is 0 Å². The van der Waals surface area contributed by atoms with Gasteiger partial charge in [-0.25, -0.2) is 0 Å². The fourth-order valence-corrected chi connectivity index (χ4v) is 4.38. The van der Waals surface area contributed by atoms with Gasteiger partial charge in [0.15, 0.2) is 0 Å². The smallest absolute Gasteiger partial charge is 0.0249 e. The molecule has 0 radical (unpaired) electrons.